The second kappa shape index (κ2) is 7.61. The summed E-state index contributed by atoms with van der Waals surface area (Å²) in [4.78, 5) is 15.9. The standard InChI is InChI=1S/C17H24ClN3O3S/c1-14(17(22)20-7-2-3-8-20)19-9-11-21(12-10-19)25(23,24)16-6-4-5-15(18)13-16/h4-6,13-14H,2-3,7-12H2,1H3/p+1/t14-/m1/s1. The molecule has 1 amide bonds. The molecule has 0 spiro atoms. The lowest BCUT2D eigenvalue weighted by Crippen LogP contribution is -3.19. The number of nitrogens with zero attached hydrogens (tertiary/aromatic N) is 2. The SMILES string of the molecule is C[C@H](C(=O)N1CCCC1)[NH+]1CCN(S(=O)(=O)c2cccc(Cl)c2)CC1. The van der Waals surface area contributed by atoms with E-state index in [2.05, 4.69) is 0 Å². The van der Waals surface area contributed by atoms with E-state index in [0.29, 0.717) is 31.2 Å². The number of halogens is 1. The molecule has 8 heteroatoms. The number of sulfonamides is 1. The van der Waals surface area contributed by atoms with Crippen LogP contribution in [0.5, 0.6) is 0 Å². The van der Waals surface area contributed by atoms with Crippen molar-refractivity contribution >= 4 is 27.5 Å². The van der Waals surface area contributed by atoms with E-state index in [1.165, 1.54) is 10.4 Å². The largest absolute Gasteiger partial charge is 0.338 e. The van der Waals surface area contributed by atoms with Gasteiger partial charge in [-0.3, -0.25) is 4.79 Å². The van der Waals surface area contributed by atoms with Gasteiger partial charge < -0.3 is 9.80 Å². The summed E-state index contributed by atoms with van der Waals surface area (Å²) < 4.78 is 27.0. The zero-order chi connectivity index (χ0) is 18.0. The first kappa shape index (κ1) is 18.6. The number of carbonyl (C=O) groups is 1. The van der Waals surface area contributed by atoms with Crippen molar-refractivity contribution in [3.63, 3.8) is 0 Å². The van der Waals surface area contributed by atoms with Gasteiger partial charge in [-0.05, 0) is 38.0 Å². The van der Waals surface area contributed by atoms with Crippen LogP contribution in [0.4, 0.5) is 0 Å². The van der Waals surface area contributed by atoms with Gasteiger partial charge in [-0.1, -0.05) is 17.7 Å². The molecule has 1 aromatic rings. The zero-order valence-corrected chi connectivity index (χ0v) is 16.0. The average Bonchev–Trinajstić information content (AvgIpc) is 3.15. The van der Waals surface area contributed by atoms with Crippen molar-refractivity contribution in [3.8, 4) is 0 Å². The van der Waals surface area contributed by atoms with Gasteiger partial charge in [-0.2, -0.15) is 4.31 Å². The Labute approximate surface area is 154 Å². The van der Waals surface area contributed by atoms with E-state index in [-0.39, 0.29) is 16.8 Å². The molecule has 0 bridgehead atoms. The van der Waals surface area contributed by atoms with Gasteiger partial charge in [-0.15, -0.1) is 0 Å². The quantitative estimate of drug-likeness (QED) is 0.806. The van der Waals surface area contributed by atoms with Crippen molar-refractivity contribution < 1.29 is 18.1 Å². The number of rotatable bonds is 4. The summed E-state index contributed by atoms with van der Waals surface area (Å²) in [5.41, 5.74) is 0. The van der Waals surface area contributed by atoms with E-state index in [0.717, 1.165) is 30.8 Å². The molecule has 0 saturated carbocycles. The van der Waals surface area contributed by atoms with E-state index >= 15 is 0 Å². The monoisotopic (exact) mass is 386 g/mol. The van der Waals surface area contributed by atoms with E-state index in [1.54, 1.807) is 18.2 Å². The van der Waals surface area contributed by atoms with E-state index < -0.39 is 10.0 Å². The maximum absolute atomic E-state index is 12.7. The van der Waals surface area contributed by atoms with Crippen molar-refractivity contribution in [2.24, 2.45) is 0 Å². The van der Waals surface area contributed by atoms with E-state index in [1.807, 2.05) is 11.8 Å². The van der Waals surface area contributed by atoms with Crippen LogP contribution in [0.3, 0.4) is 0 Å². The summed E-state index contributed by atoms with van der Waals surface area (Å²) in [6.45, 7) is 5.78. The molecule has 2 saturated heterocycles. The van der Waals surface area contributed by atoms with Crippen LogP contribution in [0.25, 0.3) is 0 Å². The minimum absolute atomic E-state index is 0.117. The third kappa shape index (κ3) is 4.00. The average molecular weight is 387 g/mol. The molecule has 2 aliphatic heterocycles. The predicted octanol–water partition coefficient (Wildman–Crippen LogP) is 0.240. The van der Waals surface area contributed by atoms with Crippen LogP contribution in [0.1, 0.15) is 19.8 Å². The van der Waals surface area contributed by atoms with Crippen molar-refractivity contribution in [3.05, 3.63) is 29.3 Å². The van der Waals surface area contributed by atoms with Gasteiger partial charge >= 0.3 is 0 Å². The number of hydrogen-bond donors (Lipinski definition) is 1. The molecule has 0 aromatic heterocycles. The first-order valence-electron chi connectivity index (χ1n) is 8.78. The molecule has 2 heterocycles. The summed E-state index contributed by atoms with van der Waals surface area (Å²) in [6, 6.07) is 6.24. The summed E-state index contributed by atoms with van der Waals surface area (Å²) in [5, 5.41) is 0.412. The molecule has 0 radical (unpaired) electrons. The first-order valence-corrected chi connectivity index (χ1v) is 10.6. The summed E-state index contributed by atoms with van der Waals surface area (Å²) in [6.07, 6.45) is 2.17. The maximum atomic E-state index is 12.7. The highest BCUT2D eigenvalue weighted by molar-refractivity contribution is 7.89. The molecule has 1 N–H and O–H groups in total. The molecule has 138 valence electrons. The maximum Gasteiger partial charge on any atom is 0.280 e. The molecule has 2 fully saturated rings. The number of likely N-dealkylation sites (tertiary alicyclic amines) is 1. The van der Waals surface area contributed by atoms with Crippen LogP contribution >= 0.6 is 11.6 Å². The fourth-order valence-corrected chi connectivity index (χ4v) is 5.35. The van der Waals surface area contributed by atoms with Gasteiger partial charge in [0, 0.05) is 18.1 Å². The third-order valence-corrected chi connectivity index (χ3v) is 7.33. The highest BCUT2D eigenvalue weighted by atomic mass is 35.5. The molecule has 0 aliphatic carbocycles. The van der Waals surface area contributed by atoms with Gasteiger partial charge in [0.15, 0.2) is 6.04 Å². The summed E-state index contributed by atoms with van der Waals surface area (Å²) in [5.74, 6) is 0.193. The Morgan fingerprint density at radius 3 is 2.40 bits per heavy atom. The van der Waals surface area contributed by atoms with Gasteiger partial charge in [0.1, 0.15) is 0 Å². The third-order valence-electron chi connectivity index (χ3n) is 5.20. The number of hydrogen-bond acceptors (Lipinski definition) is 3. The molecule has 2 aliphatic rings. The number of nitrogens with one attached hydrogen (secondary N) is 1. The Morgan fingerprint density at radius 1 is 1.16 bits per heavy atom. The van der Waals surface area contributed by atoms with Gasteiger partial charge in [0.05, 0.1) is 31.1 Å². The second-order valence-corrected chi connectivity index (χ2v) is 9.15. The lowest BCUT2D eigenvalue weighted by molar-refractivity contribution is -0.918. The molecule has 1 aromatic carbocycles. The van der Waals surface area contributed by atoms with Crippen molar-refractivity contribution in [1.82, 2.24) is 9.21 Å². The Kier molecular flexibility index (Phi) is 5.68. The molecular weight excluding hydrogens is 362 g/mol. The predicted molar refractivity (Wildman–Crippen MR) is 96.2 cm³/mol. The molecule has 6 nitrogen and oxygen atoms in total. The van der Waals surface area contributed by atoms with Crippen molar-refractivity contribution in [2.45, 2.75) is 30.7 Å². The Hall–Kier alpha value is -1.15. The van der Waals surface area contributed by atoms with Crippen LogP contribution in [0.15, 0.2) is 29.2 Å². The second-order valence-electron chi connectivity index (χ2n) is 6.77. The fraction of sp³-hybridized carbons (Fsp3) is 0.588. The number of carbonyl (C=O) groups excluding carboxylic acids is 1. The number of piperazine rings is 1. The van der Waals surface area contributed by atoms with E-state index in [4.69, 9.17) is 11.6 Å². The normalized spacial score (nSPS) is 21.4. The van der Waals surface area contributed by atoms with Crippen LogP contribution in [-0.2, 0) is 14.8 Å². The summed E-state index contributed by atoms with van der Waals surface area (Å²) >= 11 is 5.92. The minimum atomic E-state index is -3.53. The highest BCUT2D eigenvalue weighted by Crippen LogP contribution is 2.19. The smallest absolute Gasteiger partial charge is 0.280 e. The Bertz CT molecular complexity index is 726. The lowest BCUT2D eigenvalue weighted by atomic mass is 10.2. The van der Waals surface area contributed by atoms with Gasteiger partial charge in [0.25, 0.3) is 5.91 Å². The number of amides is 1. The molecular formula is C17H25ClN3O3S+. The number of benzene rings is 1. The molecule has 0 unspecified atom stereocenters. The number of quaternary nitrogens is 1. The Balaban J connectivity index is 1.62. The van der Waals surface area contributed by atoms with Gasteiger partial charge in [-0.25, -0.2) is 8.42 Å². The fourth-order valence-electron chi connectivity index (χ4n) is 3.61. The first-order chi connectivity index (χ1) is 11.9. The molecule has 25 heavy (non-hydrogen) atoms. The van der Waals surface area contributed by atoms with Crippen molar-refractivity contribution in [1.29, 1.82) is 0 Å². The minimum Gasteiger partial charge on any atom is -0.338 e. The zero-order valence-electron chi connectivity index (χ0n) is 14.4. The van der Waals surface area contributed by atoms with E-state index in [9.17, 15) is 13.2 Å². The van der Waals surface area contributed by atoms with Crippen LogP contribution in [0.2, 0.25) is 5.02 Å². The van der Waals surface area contributed by atoms with Crippen LogP contribution in [-0.4, -0.2) is 68.8 Å². The summed E-state index contributed by atoms with van der Waals surface area (Å²) in [7, 11) is -3.53. The topological polar surface area (TPSA) is 62.1 Å². The molecule has 1 atom stereocenters. The van der Waals surface area contributed by atoms with Gasteiger partial charge in [0.2, 0.25) is 10.0 Å². The van der Waals surface area contributed by atoms with Crippen LogP contribution in [0, 0.1) is 0 Å². The molecule has 3 rings (SSSR count). The van der Waals surface area contributed by atoms with Crippen molar-refractivity contribution in [2.75, 3.05) is 39.3 Å². The Morgan fingerprint density at radius 2 is 1.80 bits per heavy atom. The van der Waals surface area contributed by atoms with Crippen LogP contribution < -0.4 is 4.90 Å². The lowest BCUT2D eigenvalue weighted by Gasteiger charge is -2.35. The highest BCUT2D eigenvalue weighted by Gasteiger charge is 2.36.